The highest BCUT2D eigenvalue weighted by Gasteiger charge is 2.33. The lowest BCUT2D eigenvalue weighted by Gasteiger charge is -2.38. The predicted molar refractivity (Wildman–Crippen MR) is 70.2 cm³/mol. The van der Waals surface area contributed by atoms with Gasteiger partial charge in [0.05, 0.1) is 6.42 Å². The Morgan fingerprint density at radius 1 is 1.39 bits per heavy atom. The minimum atomic E-state index is -0.874. The lowest BCUT2D eigenvalue weighted by Crippen LogP contribution is -2.38. The summed E-state index contributed by atoms with van der Waals surface area (Å²) in [5.74, 6) is -0.465. The Kier molecular flexibility index (Phi) is 5.17. The van der Waals surface area contributed by atoms with E-state index in [0.717, 1.165) is 6.42 Å². The Hall–Kier alpha value is -1.06. The van der Waals surface area contributed by atoms with Crippen molar-refractivity contribution in [1.82, 2.24) is 5.32 Å². The summed E-state index contributed by atoms with van der Waals surface area (Å²) in [5.41, 5.74) is 0.228. The van der Waals surface area contributed by atoms with Gasteiger partial charge >= 0.3 is 5.97 Å². The zero-order valence-electron chi connectivity index (χ0n) is 11.7. The van der Waals surface area contributed by atoms with Crippen LogP contribution in [0.3, 0.4) is 0 Å². The molecule has 4 heteroatoms. The summed E-state index contributed by atoms with van der Waals surface area (Å²) >= 11 is 0. The largest absolute Gasteiger partial charge is 0.481 e. The molecule has 0 bridgehead atoms. The number of amides is 1. The summed E-state index contributed by atoms with van der Waals surface area (Å²) in [4.78, 5) is 22.4. The van der Waals surface area contributed by atoms with Crippen molar-refractivity contribution in [3.8, 4) is 0 Å². The molecule has 2 atom stereocenters. The van der Waals surface area contributed by atoms with Crippen LogP contribution in [0.25, 0.3) is 0 Å². The molecule has 1 aliphatic carbocycles. The van der Waals surface area contributed by atoms with E-state index in [-0.39, 0.29) is 23.8 Å². The van der Waals surface area contributed by atoms with E-state index in [0.29, 0.717) is 12.3 Å². The topological polar surface area (TPSA) is 66.4 Å². The molecular formula is C14H25NO3. The second-order valence-electron chi connectivity index (χ2n) is 6.20. The van der Waals surface area contributed by atoms with E-state index in [2.05, 4.69) is 19.2 Å². The maximum absolute atomic E-state index is 11.9. The first-order valence-corrected chi connectivity index (χ1v) is 6.82. The average molecular weight is 255 g/mol. The van der Waals surface area contributed by atoms with Crippen molar-refractivity contribution in [2.75, 3.05) is 0 Å². The Morgan fingerprint density at radius 2 is 2.06 bits per heavy atom. The third-order valence-electron chi connectivity index (χ3n) is 4.05. The number of nitrogens with one attached hydrogen (secondary N) is 1. The zero-order chi connectivity index (χ0) is 13.8. The van der Waals surface area contributed by atoms with Gasteiger partial charge in [0.2, 0.25) is 5.91 Å². The summed E-state index contributed by atoms with van der Waals surface area (Å²) in [6, 6.07) is -0.290. The maximum atomic E-state index is 11.9. The molecule has 0 heterocycles. The van der Waals surface area contributed by atoms with Crippen LogP contribution in [0.1, 0.15) is 59.3 Å². The highest BCUT2D eigenvalue weighted by atomic mass is 16.4. The molecular weight excluding hydrogens is 230 g/mol. The highest BCUT2D eigenvalue weighted by molar-refractivity contribution is 5.77. The van der Waals surface area contributed by atoms with Crippen LogP contribution in [0.5, 0.6) is 0 Å². The number of carboxylic acid groups (broad SMARTS) is 1. The number of hydrogen-bond acceptors (Lipinski definition) is 2. The van der Waals surface area contributed by atoms with Crippen molar-refractivity contribution in [3.63, 3.8) is 0 Å². The Labute approximate surface area is 109 Å². The lowest BCUT2D eigenvalue weighted by atomic mass is 9.67. The van der Waals surface area contributed by atoms with Crippen LogP contribution in [0.2, 0.25) is 0 Å². The Bertz CT molecular complexity index is 312. The summed E-state index contributed by atoms with van der Waals surface area (Å²) in [5, 5.41) is 11.4. The normalized spacial score (nSPS) is 24.3. The first-order valence-electron chi connectivity index (χ1n) is 6.82. The van der Waals surface area contributed by atoms with Gasteiger partial charge in [-0.25, -0.2) is 0 Å². The second kappa shape index (κ2) is 6.21. The molecule has 4 nitrogen and oxygen atoms in total. The standard InChI is InChI=1S/C14H25NO3/c1-10(8-13(17)18)15-12(16)9-11-6-4-5-7-14(11,2)3/h10-11H,4-9H2,1-3H3,(H,15,16)(H,17,18). The van der Waals surface area contributed by atoms with E-state index < -0.39 is 5.97 Å². The van der Waals surface area contributed by atoms with Gasteiger partial charge in [-0.1, -0.05) is 26.7 Å². The van der Waals surface area contributed by atoms with Gasteiger partial charge in [-0.3, -0.25) is 9.59 Å². The van der Waals surface area contributed by atoms with Crippen molar-refractivity contribution in [1.29, 1.82) is 0 Å². The molecule has 0 spiro atoms. The van der Waals surface area contributed by atoms with Crippen LogP contribution < -0.4 is 5.32 Å². The van der Waals surface area contributed by atoms with E-state index in [9.17, 15) is 9.59 Å². The van der Waals surface area contributed by atoms with E-state index in [4.69, 9.17) is 5.11 Å². The summed E-state index contributed by atoms with van der Waals surface area (Å²) < 4.78 is 0. The second-order valence-corrected chi connectivity index (χ2v) is 6.20. The van der Waals surface area contributed by atoms with E-state index >= 15 is 0 Å². The van der Waals surface area contributed by atoms with Gasteiger partial charge < -0.3 is 10.4 Å². The molecule has 104 valence electrons. The van der Waals surface area contributed by atoms with Crippen LogP contribution in [-0.4, -0.2) is 23.0 Å². The monoisotopic (exact) mass is 255 g/mol. The van der Waals surface area contributed by atoms with Gasteiger partial charge in [-0.05, 0) is 31.1 Å². The highest BCUT2D eigenvalue weighted by Crippen LogP contribution is 2.42. The van der Waals surface area contributed by atoms with Gasteiger partial charge in [0, 0.05) is 12.5 Å². The van der Waals surface area contributed by atoms with Gasteiger partial charge in [-0.2, -0.15) is 0 Å². The molecule has 18 heavy (non-hydrogen) atoms. The fraction of sp³-hybridized carbons (Fsp3) is 0.857. The van der Waals surface area contributed by atoms with Crippen LogP contribution in [0.15, 0.2) is 0 Å². The third-order valence-corrected chi connectivity index (χ3v) is 4.05. The summed E-state index contributed by atoms with van der Waals surface area (Å²) in [6.45, 7) is 6.19. The smallest absolute Gasteiger partial charge is 0.305 e. The Balaban J connectivity index is 2.41. The number of hydrogen-bond donors (Lipinski definition) is 2. The van der Waals surface area contributed by atoms with Crippen molar-refractivity contribution in [3.05, 3.63) is 0 Å². The van der Waals surface area contributed by atoms with E-state index in [1.807, 2.05) is 0 Å². The molecule has 1 fully saturated rings. The van der Waals surface area contributed by atoms with E-state index in [1.54, 1.807) is 6.92 Å². The predicted octanol–water partition coefficient (Wildman–Crippen LogP) is 2.57. The summed E-state index contributed by atoms with van der Waals surface area (Å²) in [6.07, 6.45) is 5.24. The molecule has 0 aromatic carbocycles. The molecule has 0 radical (unpaired) electrons. The number of carbonyl (C=O) groups excluding carboxylic acids is 1. The quantitative estimate of drug-likeness (QED) is 0.793. The molecule has 1 rings (SSSR count). The fourth-order valence-electron chi connectivity index (χ4n) is 2.82. The number of carbonyl (C=O) groups is 2. The maximum Gasteiger partial charge on any atom is 0.305 e. The minimum Gasteiger partial charge on any atom is -0.481 e. The van der Waals surface area contributed by atoms with E-state index in [1.165, 1.54) is 19.3 Å². The average Bonchev–Trinajstić information content (AvgIpc) is 2.19. The zero-order valence-corrected chi connectivity index (χ0v) is 11.7. The van der Waals surface area contributed by atoms with Gasteiger partial charge in [0.25, 0.3) is 0 Å². The SMILES string of the molecule is CC(CC(=O)O)NC(=O)CC1CCCCC1(C)C. The molecule has 1 amide bonds. The summed E-state index contributed by atoms with van der Waals surface area (Å²) in [7, 11) is 0. The van der Waals surface area contributed by atoms with Crippen LogP contribution in [-0.2, 0) is 9.59 Å². The molecule has 2 unspecified atom stereocenters. The third kappa shape index (κ3) is 4.67. The van der Waals surface area contributed by atoms with Crippen molar-refractivity contribution < 1.29 is 14.7 Å². The van der Waals surface area contributed by atoms with Gasteiger partial charge in [0.15, 0.2) is 0 Å². The van der Waals surface area contributed by atoms with Gasteiger partial charge in [0.1, 0.15) is 0 Å². The van der Waals surface area contributed by atoms with Crippen molar-refractivity contribution >= 4 is 11.9 Å². The lowest BCUT2D eigenvalue weighted by molar-refractivity contribution is -0.137. The molecule has 0 aromatic rings. The van der Waals surface area contributed by atoms with Crippen LogP contribution in [0.4, 0.5) is 0 Å². The number of rotatable bonds is 5. The molecule has 1 saturated carbocycles. The Morgan fingerprint density at radius 3 is 2.61 bits per heavy atom. The van der Waals surface area contributed by atoms with Crippen molar-refractivity contribution in [2.45, 2.75) is 65.3 Å². The molecule has 1 aliphatic rings. The first kappa shape index (κ1) is 15.0. The van der Waals surface area contributed by atoms with Crippen LogP contribution >= 0.6 is 0 Å². The molecule has 0 aromatic heterocycles. The van der Waals surface area contributed by atoms with Crippen molar-refractivity contribution in [2.24, 2.45) is 11.3 Å². The first-order chi connectivity index (χ1) is 8.31. The molecule has 0 saturated heterocycles. The number of carboxylic acids is 1. The minimum absolute atomic E-state index is 0.0104. The van der Waals surface area contributed by atoms with Gasteiger partial charge in [-0.15, -0.1) is 0 Å². The number of aliphatic carboxylic acids is 1. The fourth-order valence-corrected chi connectivity index (χ4v) is 2.82. The van der Waals surface area contributed by atoms with Crippen LogP contribution in [0, 0.1) is 11.3 Å². The molecule has 2 N–H and O–H groups in total. The molecule has 0 aliphatic heterocycles.